The number of hydrogen-bond acceptors (Lipinski definition) is 3. The minimum absolute atomic E-state index is 0.191. The normalized spacial score (nSPS) is 27.3. The Morgan fingerprint density at radius 1 is 1.12 bits per heavy atom. The predicted octanol–water partition coefficient (Wildman–Crippen LogP) is 5.69. The first-order valence-electron chi connectivity index (χ1n) is 11.3. The molecular weight excluding hydrogens is 461 g/mol. The van der Waals surface area contributed by atoms with Gasteiger partial charge in [0.1, 0.15) is 0 Å². The zero-order valence-corrected chi connectivity index (χ0v) is 20.3. The van der Waals surface area contributed by atoms with Gasteiger partial charge in [-0.1, -0.05) is 54.4 Å². The number of amides is 1. The Morgan fingerprint density at radius 3 is 2.33 bits per heavy atom. The number of carboxylic acids is 1. The summed E-state index contributed by atoms with van der Waals surface area (Å²) in [6.45, 7) is 3.45. The van der Waals surface area contributed by atoms with Gasteiger partial charge in [0.25, 0.3) is 0 Å². The van der Waals surface area contributed by atoms with E-state index in [1.807, 2.05) is 30.3 Å². The summed E-state index contributed by atoms with van der Waals surface area (Å²) in [7, 11) is 0. The van der Waals surface area contributed by atoms with Crippen LogP contribution in [0.5, 0.6) is 0 Å². The standard InChI is InChI=1S/C26H29Cl2NO4/c1-15(30)23(16-6-7-16)29-24(17-8-10-19(27)11-9-17)21(18-4-3-5-20(28)12-18)13-26(2,25(29)33)14-22(31)32/h3-5,8-12,15-16,21,23-24,30H,6-7,13-14H2,1-2H3,(H,31,32)/t15-,21-,23-,24-,26-/m1/s1. The second-order valence-electron chi connectivity index (χ2n) is 9.77. The summed E-state index contributed by atoms with van der Waals surface area (Å²) in [6.07, 6.45) is 1.21. The van der Waals surface area contributed by atoms with Crippen LogP contribution in [0.25, 0.3) is 0 Å². The van der Waals surface area contributed by atoms with Crippen molar-refractivity contribution in [3.63, 3.8) is 0 Å². The summed E-state index contributed by atoms with van der Waals surface area (Å²) < 4.78 is 0. The van der Waals surface area contributed by atoms with E-state index in [2.05, 4.69) is 0 Å². The molecule has 0 unspecified atom stereocenters. The van der Waals surface area contributed by atoms with E-state index >= 15 is 0 Å². The number of rotatable bonds is 7. The SMILES string of the molecule is C[C@@H](O)[C@H](C1CC1)N1C(=O)[C@@](C)(CC(=O)O)C[C@H](c2cccc(Cl)c2)[C@H]1c1ccc(Cl)cc1. The molecule has 4 rings (SSSR count). The number of aliphatic carboxylic acids is 1. The molecule has 33 heavy (non-hydrogen) atoms. The van der Waals surface area contributed by atoms with E-state index in [0.717, 1.165) is 24.0 Å². The highest BCUT2D eigenvalue weighted by Gasteiger charge is 2.55. The van der Waals surface area contributed by atoms with Gasteiger partial charge in [-0.05, 0) is 67.5 Å². The van der Waals surface area contributed by atoms with E-state index in [4.69, 9.17) is 23.2 Å². The molecular formula is C26H29Cl2NO4. The minimum atomic E-state index is -1.11. The number of hydrogen-bond donors (Lipinski definition) is 2. The highest BCUT2D eigenvalue weighted by Crippen LogP contribution is 2.54. The summed E-state index contributed by atoms with van der Waals surface area (Å²) in [5.74, 6) is -1.25. The van der Waals surface area contributed by atoms with Crippen LogP contribution in [0.4, 0.5) is 0 Å². The Morgan fingerprint density at radius 2 is 1.79 bits per heavy atom. The highest BCUT2D eigenvalue weighted by atomic mass is 35.5. The molecule has 5 nitrogen and oxygen atoms in total. The molecule has 2 aromatic carbocycles. The van der Waals surface area contributed by atoms with Crippen LogP contribution in [-0.2, 0) is 9.59 Å². The molecule has 2 aliphatic rings. The Balaban J connectivity index is 1.92. The average molecular weight is 490 g/mol. The second kappa shape index (κ2) is 9.28. The first kappa shape index (κ1) is 24.1. The van der Waals surface area contributed by atoms with E-state index in [1.165, 1.54) is 0 Å². The van der Waals surface area contributed by atoms with Gasteiger partial charge < -0.3 is 15.1 Å². The number of aliphatic hydroxyl groups is 1. The lowest BCUT2D eigenvalue weighted by Crippen LogP contribution is -2.59. The van der Waals surface area contributed by atoms with Crippen molar-refractivity contribution in [1.29, 1.82) is 0 Å². The van der Waals surface area contributed by atoms with Gasteiger partial charge in [0.2, 0.25) is 5.91 Å². The van der Waals surface area contributed by atoms with Crippen molar-refractivity contribution in [2.45, 2.75) is 63.6 Å². The number of piperidine rings is 1. The molecule has 7 heteroatoms. The number of carboxylic acid groups (broad SMARTS) is 1. The lowest BCUT2D eigenvalue weighted by Gasteiger charge is -2.52. The highest BCUT2D eigenvalue weighted by molar-refractivity contribution is 6.30. The fourth-order valence-electron chi connectivity index (χ4n) is 5.50. The van der Waals surface area contributed by atoms with Crippen LogP contribution in [0.3, 0.4) is 0 Å². The van der Waals surface area contributed by atoms with Crippen molar-refractivity contribution in [2.75, 3.05) is 0 Å². The molecule has 0 spiro atoms. The quantitative estimate of drug-likeness (QED) is 0.523. The summed E-state index contributed by atoms with van der Waals surface area (Å²) in [6, 6.07) is 14.2. The predicted molar refractivity (Wildman–Crippen MR) is 128 cm³/mol. The van der Waals surface area contributed by atoms with Crippen molar-refractivity contribution in [3.8, 4) is 0 Å². The molecule has 176 valence electrons. The molecule has 1 aliphatic carbocycles. The number of carbonyl (C=O) groups is 2. The molecule has 2 aromatic rings. The number of carbonyl (C=O) groups excluding carboxylic acids is 1. The summed E-state index contributed by atoms with van der Waals surface area (Å²) in [4.78, 5) is 27.7. The topological polar surface area (TPSA) is 77.8 Å². The molecule has 1 saturated heterocycles. The van der Waals surface area contributed by atoms with E-state index in [-0.39, 0.29) is 30.2 Å². The molecule has 1 amide bonds. The van der Waals surface area contributed by atoms with Crippen LogP contribution >= 0.6 is 23.2 Å². The van der Waals surface area contributed by atoms with Gasteiger partial charge in [0.15, 0.2) is 0 Å². The summed E-state index contributed by atoms with van der Waals surface area (Å²) in [5.41, 5.74) is 0.738. The van der Waals surface area contributed by atoms with E-state index in [9.17, 15) is 19.8 Å². The maximum Gasteiger partial charge on any atom is 0.304 e. The van der Waals surface area contributed by atoms with Crippen LogP contribution in [0.15, 0.2) is 48.5 Å². The Labute approximate surface area is 204 Å². The van der Waals surface area contributed by atoms with E-state index in [0.29, 0.717) is 16.5 Å². The second-order valence-corrected chi connectivity index (χ2v) is 10.6. The van der Waals surface area contributed by atoms with Gasteiger partial charge in [-0.3, -0.25) is 9.59 Å². The number of aliphatic hydroxyl groups excluding tert-OH is 1. The average Bonchev–Trinajstić information content (AvgIpc) is 3.56. The molecule has 0 bridgehead atoms. The maximum atomic E-state index is 14.1. The Bertz CT molecular complexity index is 1030. The molecule has 0 radical (unpaired) electrons. The molecule has 5 atom stereocenters. The van der Waals surface area contributed by atoms with Crippen molar-refractivity contribution in [1.82, 2.24) is 4.90 Å². The number of likely N-dealkylation sites (tertiary alicyclic amines) is 1. The van der Waals surface area contributed by atoms with E-state index < -0.39 is 23.5 Å². The van der Waals surface area contributed by atoms with Crippen molar-refractivity contribution in [3.05, 3.63) is 69.7 Å². The molecule has 0 aromatic heterocycles. The van der Waals surface area contributed by atoms with Gasteiger partial charge in [-0.15, -0.1) is 0 Å². The number of nitrogens with zero attached hydrogens (tertiary/aromatic N) is 1. The zero-order valence-electron chi connectivity index (χ0n) is 18.7. The fraction of sp³-hybridized carbons (Fsp3) is 0.462. The third kappa shape index (κ3) is 4.91. The van der Waals surface area contributed by atoms with Crippen LogP contribution in [0, 0.1) is 11.3 Å². The van der Waals surface area contributed by atoms with E-state index in [1.54, 1.807) is 36.9 Å². The Hall–Kier alpha value is -2.08. The van der Waals surface area contributed by atoms with Crippen LogP contribution in [-0.4, -0.2) is 39.1 Å². The van der Waals surface area contributed by atoms with Gasteiger partial charge in [0, 0.05) is 16.0 Å². The third-order valence-corrected chi connectivity index (χ3v) is 7.54. The molecule has 2 N–H and O–H groups in total. The largest absolute Gasteiger partial charge is 0.481 e. The first-order chi connectivity index (χ1) is 15.6. The smallest absolute Gasteiger partial charge is 0.304 e. The molecule has 1 aliphatic heterocycles. The monoisotopic (exact) mass is 489 g/mol. The van der Waals surface area contributed by atoms with Crippen LogP contribution < -0.4 is 0 Å². The van der Waals surface area contributed by atoms with Crippen molar-refractivity contribution < 1.29 is 19.8 Å². The van der Waals surface area contributed by atoms with Crippen LogP contribution in [0.1, 0.15) is 62.6 Å². The van der Waals surface area contributed by atoms with Gasteiger partial charge in [-0.25, -0.2) is 0 Å². The van der Waals surface area contributed by atoms with Gasteiger partial charge in [0.05, 0.1) is 30.0 Å². The third-order valence-electron chi connectivity index (χ3n) is 7.05. The van der Waals surface area contributed by atoms with Crippen LogP contribution in [0.2, 0.25) is 10.0 Å². The summed E-state index contributed by atoms with van der Waals surface area (Å²) in [5, 5.41) is 21.6. The molecule has 1 heterocycles. The minimum Gasteiger partial charge on any atom is -0.481 e. The van der Waals surface area contributed by atoms with Gasteiger partial charge >= 0.3 is 5.97 Å². The summed E-state index contributed by atoms with van der Waals surface area (Å²) >= 11 is 12.5. The lowest BCUT2D eigenvalue weighted by atomic mass is 9.66. The van der Waals surface area contributed by atoms with Gasteiger partial charge in [-0.2, -0.15) is 0 Å². The molecule has 1 saturated carbocycles. The maximum absolute atomic E-state index is 14.1. The lowest BCUT2D eigenvalue weighted by molar-refractivity contribution is -0.164. The Kier molecular flexibility index (Phi) is 6.77. The first-order valence-corrected chi connectivity index (χ1v) is 12.1. The fourth-order valence-corrected chi connectivity index (χ4v) is 5.82. The number of halogens is 2. The number of benzene rings is 2. The van der Waals surface area contributed by atoms with Crippen molar-refractivity contribution >= 4 is 35.1 Å². The molecule has 2 fully saturated rings. The zero-order chi connectivity index (χ0) is 23.9. The van der Waals surface area contributed by atoms with Crippen molar-refractivity contribution in [2.24, 2.45) is 11.3 Å².